The molecular weight excluding hydrogens is 512 g/mol. The minimum absolute atomic E-state index is 0.109. The number of aryl methyl sites for hydroxylation is 2. The summed E-state index contributed by atoms with van der Waals surface area (Å²) in [6, 6.07) is 23.6. The van der Waals surface area contributed by atoms with E-state index in [0.29, 0.717) is 22.4 Å². The van der Waals surface area contributed by atoms with E-state index in [1.807, 2.05) is 54.6 Å². The minimum Gasteiger partial charge on any atom is -0.455 e. The number of benzene rings is 3. The molecular formula is C39H40N2O. The third-order valence-corrected chi connectivity index (χ3v) is 7.33. The molecule has 0 saturated carbocycles. The van der Waals surface area contributed by atoms with Gasteiger partial charge in [-0.25, -0.2) is 0 Å². The molecule has 0 fully saturated rings. The van der Waals surface area contributed by atoms with Gasteiger partial charge in [0.15, 0.2) is 0 Å². The molecule has 0 N–H and O–H groups in total. The Bertz CT molecular complexity index is 2250. The third kappa shape index (κ3) is 5.25. The second kappa shape index (κ2) is 10.2. The van der Waals surface area contributed by atoms with Crippen LogP contribution in [0.1, 0.15) is 74.9 Å². The third-order valence-electron chi connectivity index (χ3n) is 7.33. The molecule has 3 aromatic carbocycles. The Kier molecular flexibility index (Phi) is 4.83. The van der Waals surface area contributed by atoms with Crippen molar-refractivity contribution >= 4 is 21.9 Å². The molecule has 0 spiro atoms. The van der Waals surface area contributed by atoms with Crippen LogP contribution in [0.2, 0.25) is 0 Å². The van der Waals surface area contributed by atoms with E-state index in [9.17, 15) is 0 Å². The van der Waals surface area contributed by atoms with Crippen LogP contribution in [0.4, 0.5) is 0 Å². The molecule has 0 aliphatic heterocycles. The molecule has 6 rings (SSSR count). The predicted molar refractivity (Wildman–Crippen MR) is 177 cm³/mol. The number of furan rings is 1. The quantitative estimate of drug-likeness (QED) is 0.215. The van der Waals surface area contributed by atoms with Gasteiger partial charge in [0.25, 0.3) is 0 Å². The van der Waals surface area contributed by atoms with Gasteiger partial charge >= 0.3 is 0 Å². The Morgan fingerprint density at radius 2 is 1.36 bits per heavy atom. The summed E-state index contributed by atoms with van der Waals surface area (Å²) in [4.78, 5) is 9.55. The molecule has 3 heterocycles. The van der Waals surface area contributed by atoms with E-state index in [0.717, 1.165) is 27.7 Å². The molecule has 0 amide bonds. The van der Waals surface area contributed by atoms with Crippen molar-refractivity contribution in [2.75, 3.05) is 0 Å². The van der Waals surface area contributed by atoms with Crippen molar-refractivity contribution in [1.29, 1.82) is 0 Å². The Morgan fingerprint density at radius 3 is 2.00 bits per heavy atom. The second-order valence-electron chi connectivity index (χ2n) is 12.9. The number of fused-ring (bicyclic) bond motifs is 3. The standard InChI is InChI=1S/C39H40N2O/c1-24-20-26(22-38(3,4)5)18-19-27(24)32-21-34(40-23-25(32)2)31-15-10-13-29-28-12-9-14-30(36(28)42-37(29)31)33-16-11-17-35(41-33)39(6,7)8/h9-21,23H,22H2,1-8H3/i1D3,2D3,22D2. The van der Waals surface area contributed by atoms with Crippen LogP contribution in [0, 0.1) is 19.1 Å². The number of pyridine rings is 2. The van der Waals surface area contributed by atoms with Crippen LogP contribution in [-0.2, 0) is 11.8 Å². The number of aromatic nitrogens is 2. The van der Waals surface area contributed by atoms with Crippen LogP contribution in [0.5, 0.6) is 0 Å². The lowest BCUT2D eigenvalue weighted by molar-refractivity contribution is 0.411. The zero-order valence-corrected chi connectivity index (χ0v) is 24.9. The normalized spacial score (nSPS) is 16.1. The van der Waals surface area contributed by atoms with Gasteiger partial charge in [0.2, 0.25) is 0 Å². The Labute approximate surface area is 260 Å². The monoisotopic (exact) mass is 560 g/mol. The van der Waals surface area contributed by atoms with Gasteiger partial charge in [-0.3, -0.25) is 9.97 Å². The average molecular weight is 561 g/mol. The Hall–Kier alpha value is -4.24. The maximum absolute atomic E-state index is 8.78. The number of hydrogen-bond donors (Lipinski definition) is 0. The SMILES string of the molecule is [2H]C([2H])([2H])c1cnc(-c2cccc3c2oc2c(-c4cccc(C(C)(C)C)n4)cccc23)cc1-c1ccc(C([2H])([2H])C(C)(C)C)cc1C([2H])([2H])[2H]. The van der Waals surface area contributed by atoms with Gasteiger partial charge in [-0.2, -0.15) is 0 Å². The van der Waals surface area contributed by atoms with Gasteiger partial charge in [0.05, 0.1) is 11.4 Å². The van der Waals surface area contributed by atoms with Crippen molar-refractivity contribution < 1.29 is 15.4 Å². The number of hydrogen-bond acceptors (Lipinski definition) is 3. The van der Waals surface area contributed by atoms with E-state index in [1.165, 1.54) is 18.3 Å². The molecule has 0 bridgehead atoms. The molecule has 6 aromatic rings. The zero-order valence-electron chi connectivity index (χ0n) is 32.9. The van der Waals surface area contributed by atoms with Crippen LogP contribution in [-0.4, -0.2) is 9.97 Å². The molecule has 0 aliphatic rings. The summed E-state index contributed by atoms with van der Waals surface area (Å²) in [6.07, 6.45) is -0.584. The van der Waals surface area contributed by atoms with Crippen LogP contribution in [0.15, 0.2) is 89.5 Å². The molecule has 0 unspecified atom stereocenters. The maximum atomic E-state index is 8.78. The first-order valence-corrected chi connectivity index (χ1v) is 14.2. The summed E-state index contributed by atoms with van der Waals surface area (Å²) in [5, 5.41) is 1.72. The average Bonchev–Trinajstić information content (AvgIpc) is 3.42. The smallest absolute Gasteiger partial charge is 0.144 e. The highest BCUT2D eigenvalue weighted by Crippen LogP contribution is 2.40. The second-order valence-corrected chi connectivity index (χ2v) is 12.9. The summed E-state index contributed by atoms with van der Waals surface area (Å²) in [7, 11) is 0. The highest BCUT2D eigenvalue weighted by atomic mass is 16.3. The largest absolute Gasteiger partial charge is 0.455 e. The van der Waals surface area contributed by atoms with Gasteiger partial charge in [0, 0.05) is 50.2 Å². The first-order chi connectivity index (χ1) is 23.1. The van der Waals surface area contributed by atoms with Gasteiger partial charge in [-0.1, -0.05) is 90.1 Å². The fourth-order valence-corrected chi connectivity index (χ4v) is 5.34. The highest BCUT2D eigenvalue weighted by Gasteiger charge is 2.20. The Balaban J connectivity index is 1.58. The molecule has 0 radical (unpaired) electrons. The molecule has 3 aromatic heterocycles. The number of para-hydroxylation sites is 2. The van der Waals surface area contributed by atoms with Crippen molar-refractivity contribution in [2.24, 2.45) is 5.41 Å². The van der Waals surface area contributed by atoms with E-state index in [2.05, 4.69) is 25.8 Å². The number of nitrogens with zero attached hydrogens (tertiary/aromatic N) is 2. The van der Waals surface area contributed by atoms with Crippen molar-refractivity contribution in [2.45, 2.75) is 67.0 Å². The van der Waals surface area contributed by atoms with E-state index in [-0.39, 0.29) is 33.2 Å². The molecule has 0 atom stereocenters. The lowest BCUT2D eigenvalue weighted by Crippen LogP contribution is -2.13. The van der Waals surface area contributed by atoms with Crippen LogP contribution >= 0.6 is 0 Å². The van der Waals surface area contributed by atoms with E-state index < -0.39 is 25.5 Å². The summed E-state index contributed by atoms with van der Waals surface area (Å²) >= 11 is 0. The maximum Gasteiger partial charge on any atom is 0.144 e. The summed E-state index contributed by atoms with van der Waals surface area (Å²) in [5.74, 6) is 0. The molecule has 0 saturated heterocycles. The van der Waals surface area contributed by atoms with E-state index in [4.69, 9.17) is 20.4 Å². The summed E-state index contributed by atoms with van der Waals surface area (Å²) in [5.41, 5.74) is 4.12. The number of rotatable bonds is 4. The van der Waals surface area contributed by atoms with Crippen LogP contribution in [0.3, 0.4) is 0 Å². The van der Waals surface area contributed by atoms with Gasteiger partial charge in [-0.15, -0.1) is 0 Å². The molecule has 3 nitrogen and oxygen atoms in total. The van der Waals surface area contributed by atoms with E-state index in [1.54, 1.807) is 32.9 Å². The fourth-order valence-electron chi connectivity index (χ4n) is 5.34. The van der Waals surface area contributed by atoms with Crippen LogP contribution < -0.4 is 0 Å². The molecule has 3 heteroatoms. The van der Waals surface area contributed by atoms with Gasteiger partial charge < -0.3 is 4.42 Å². The molecule has 42 heavy (non-hydrogen) atoms. The highest BCUT2D eigenvalue weighted by molar-refractivity contribution is 6.12. The van der Waals surface area contributed by atoms with Crippen molar-refractivity contribution in [3.63, 3.8) is 0 Å². The molecule has 0 aliphatic carbocycles. The van der Waals surface area contributed by atoms with Crippen molar-refractivity contribution in [3.05, 3.63) is 107 Å². The van der Waals surface area contributed by atoms with Crippen LogP contribution in [0.25, 0.3) is 55.6 Å². The minimum atomic E-state index is -2.66. The zero-order chi connectivity index (χ0) is 36.6. The molecule has 212 valence electrons. The first-order valence-electron chi connectivity index (χ1n) is 18.2. The topological polar surface area (TPSA) is 38.9 Å². The lowest BCUT2D eigenvalue weighted by Gasteiger charge is -2.19. The first kappa shape index (κ1) is 19.8. The lowest BCUT2D eigenvalue weighted by atomic mass is 9.86. The van der Waals surface area contributed by atoms with Crippen molar-refractivity contribution in [3.8, 4) is 33.6 Å². The van der Waals surface area contributed by atoms with E-state index >= 15 is 0 Å². The Morgan fingerprint density at radius 1 is 0.690 bits per heavy atom. The van der Waals surface area contributed by atoms with Gasteiger partial charge in [0.1, 0.15) is 11.2 Å². The van der Waals surface area contributed by atoms with Crippen molar-refractivity contribution in [1.82, 2.24) is 9.97 Å². The summed E-state index contributed by atoms with van der Waals surface area (Å²) < 4.78 is 74.4. The fraction of sp³-hybridized carbons (Fsp3) is 0.282. The van der Waals surface area contributed by atoms with Gasteiger partial charge in [-0.05, 0) is 83.6 Å². The predicted octanol–water partition coefficient (Wildman–Crippen LogP) is 10.9. The summed E-state index contributed by atoms with van der Waals surface area (Å²) in [6.45, 7) is 6.32.